The molecule has 1 aliphatic rings. The first-order valence-electron chi connectivity index (χ1n) is 6.66. The quantitative estimate of drug-likeness (QED) is 0.628. The molecular weight excluding hydrogens is 274 g/mol. The van der Waals surface area contributed by atoms with E-state index in [0.29, 0.717) is 12.2 Å². The Morgan fingerprint density at radius 2 is 2.00 bits per heavy atom. The SMILES string of the molecule is CC(=O)Oc1ccccc1C(=O)N(C)C1COC(C)(C)O1. The molecule has 0 bridgehead atoms. The van der Waals surface area contributed by atoms with Gasteiger partial charge in [0, 0.05) is 14.0 Å². The third kappa shape index (κ3) is 3.59. The first kappa shape index (κ1) is 15.5. The van der Waals surface area contributed by atoms with E-state index in [0.717, 1.165) is 0 Å². The number of esters is 1. The first-order valence-corrected chi connectivity index (χ1v) is 6.66. The maximum atomic E-state index is 12.5. The number of hydrogen-bond donors (Lipinski definition) is 0. The summed E-state index contributed by atoms with van der Waals surface area (Å²) in [6.07, 6.45) is -0.474. The van der Waals surface area contributed by atoms with Gasteiger partial charge in [0.1, 0.15) is 5.75 Å². The molecule has 0 saturated carbocycles. The molecule has 1 atom stereocenters. The van der Waals surface area contributed by atoms with Crippen molar-refractivity contribution in [3.05, 3.63) is 29.8 Å². The molecular formula is C15H19NO5. The monoisotopic (exact) mass is 293 g/mol. The summed E-state index contributed by atoms with van der Waals surface area (Å²) in [5.74, 6) is -1.24. The van der Waals surface area contributed by atoms with Gasteiger partial charge in [0.25, 0.3) is 5.91 Å². The van der Waals surface area contributed by atoms with Crippen molar-refractivity contribution in [3.63, 3.8) is 0 Å². The van der Waals surface area contributed by atoms with Gasteiger partial charge < -0.3 is 19.1 Å². The van der Waals surface area contributed by atoms with Gasteiger partial charge in [0.15, 0.2) is 12.0 Å². The van der Waals surface area contributed by atoms with Gasteiger partial charge in [0.05, 0.1) is 12.2 Å². The van der Waals surface area contributed by atoms with Crippen molar-refractivity contribution in [3.8, 4) is 5.75 Å². The molecule has 0 radical (unpaired) electrons. The summed E-state index contributed by atoms with van der Waals surface area (Å²) in [5, 5.41) is 0. The van der Waals surface area contributed by atoms with Gasteiger partial charge in [-0.3, -0.25) is 9.59 Å². The first-order chi connectivity index (χ1) is 9.80. The minimum absolute atomic E-state index is 0.236. The summed E-state index contributed by atoms with van der Waals surface area (Å²) in [7, 11) is 1.63. The van der Waals surface area contributed by atoms with E-state index in [1.54, 1.807) is 45.2 Å². The number of para-hydroxylation sites is 1. The van der Waals surface area contributed by atoms with Crippen molar-refractivity contribution in [2.45, 2.75) is 32.8 Å². The zero-order valence-corrected chi connectivity index (χ0v) is 12.6. The van der Waals surface area contributed by atoms with Gasteiger partial charge in [0.2, 0.25) is 0 Å². The van der Waals surface area contributed by atoms with E-state index in [2.05, 4.69) is 0 Å². The van der Waals surface area contributed by atoms with Crippen molar-refractivity contribution in [1.29, 1.82) is 0 Å². The van der Waals surface area contributed by atoms with E-state index in [4.69, 9.17) is 14.2 Å². The predicted molar refractivity (Wildman–Crippen MR) is 74.7 cm³/mol. The third-order valence-corrected chi connectivity index (χ3v) is 3.12. The lowest BCUT2D eigenvalue weighted by molar-refractivity contribution is -0.152. The molecule has 1 saturated heterocycles. The number of rotatable bonds is 3. The fourth-order valence-electron chi connectivity index (χ4n) is 2.07. The Balaban J connectivity index is 2.18. The molecule has 6 nitrogen and oxygen atoms in total. The van der Waals surface area contributed by atoms with Crippen molar-refractivity contribution >= 4 is 11.9 Å². The summed E-state index contributed by atoms with van der Waals surface area (Å²) < 4.78 is 16.2. The van der Waals surface area contributed by atoms with Crippen LogP contribution >= 0.6 is 0 Å². The largest absolute Gasteiger partial charge is 0.426 e. The fraction of sp³-hybridized carbons (Fsp3) is 0.467. The number of amides is 1. The Kier molecular flexibility index (Phi) is 4.29. The third-order valence-electron chi connectivity index (χ3n) is 3.12. The average molecular weight is 293 g/mol. The van der Waals surface area contributed by atoms with Crippen LogP contribution in [-0.2, 0) is 14.3 Å². The summed E-state index contributed by atoms with van der Waals surface area (Å²) in [6, 6.07) is 6.60. The highest BCUT2D eigenvalue weighted by Gasteiger charge is 2.37. The van der Waals surface area contributed by atoms with Crippen LogP contribution in [0.15, 0.2) is 24.3 Å². The Morgan fingerprint density at radius 1 is 1.33 bits per heavy atom. The molecule has 6 heteroatoms. The van der Waals surface area contributed by atoms with Crippen molar-refractivity contribution < 1.29 is 23.8 Å². The predicted octanol–water partition coefficient (Wildman–Crippen LogP) is 1.79. The molecule has 2 rings (SSSR count). The highest BCUT2D eigenvalue weighted by molar-refractivity contribution is 5.97. The molecule has 1 fully saturated rings. The molecule has 21 heavy (non-hydrogen) atoms. The van der Waals surface area contributed by atoms with Crippen molar-refractivity contribution in [2.24, 2.45) is 0 Å². The van der Waals surface area contributed by atoms with E-state index >= 15 is 0 Å². The average Bonchev–Trinajstić information content (AvgIpc) is 2.77. The lowest BCUT2D eigenvalue weighted by atomic mass is 10.1. The molecule has 1 unspecified atom stereocenters. The molecule has 0 aromatic heterocycles. The summed E-state index contributed by atoms with van der Waals surface area (Å²) >= 11 is 0. The van der Waals surface area contributed by atoms with Crippen LogP contribution in [0, 0.1) is 0 Å². The van der Waals surface area contributed by atoms with Gasteiger partial charge in [-0.2, -0.15) is 0 Å². The number of likely N-dealkylation sites (N-methyl/N-ethyl adjacent to an activating group) is 1. The molecule has 0 aliphatic carbocycles. The van der Waals surface area contributed by atoms with Crippen LogP contribution in [0.3, 0.4) is 0 Å². The van der Waals surface area contributed by atoms with Crippen LogP contribution < -0.4 is 4.74 Å². The van der Waals surface area contributed by atoms with E-state index in [-0.39, 0.29) is 11.7 Å². The maximum absolute atomic E-state index is 12.5. The van der Waals surface area contributed by atoms with Crippen LogP contribution in [0.2, 0.25) is 0 Å². The number of carbonyl (C=O) groups excluding carboxylic acids is 2. The Labute approximate surface area is 123 Å². The normalized spacial score (nSPS) is 20.1. The molecule has 1 amide bonds. The number of nitrogens with zero attached hydrogens (tertiary/aromatic N) is 1. The number of carbonyl (C=O) groups is 2. The fourth-order valence-corrected chi connectivity index (χ4v) is 2.07. The number of ether oxygens (including phenoxy) is 3. The Morgan fingerprint density at radius 3 is 2.57 bits per heavy atom. The van der Waals surface area contributed by atoms with Crippen LogP contribution in [0.1, 0.15) is 31.1 Å². The molecule has 1 aromatic rings. The number of benzene rings is 1. The Bertz CT molecular complexity index is 555. The van der Waals surface area contributed by atoms with Gasteiger partial charge in [-0.15, -0.1) is 0 Å². The summed E-state index contributed by atoms with van der Waals surface area (Å²) in [6.45, 7) is 5.17. The molecule has 1 heterocycles. The standard InChI is InChI=1S/C15H19NO5/c1-10(17)20-12-8-6-5-7-11(12)14(18)16(4)13-9-19-15(2,3)21-13/h5-8,13H,9H2,1-4H3. The highest BCUT2D eigenvalue weighted by Crippen LogP contribution is 2.26. The second-order valence-electron chi connectivity index (χ2n) is 5.29. The lowest BCUT2D eigenvalue weighted by Gasteiger charge is -2.25. The minimum Gasteiger partial charge on any atom is -0.426 e. The number of hydrogen-bond acceptors (Lipinski definition) is 5. The second-order valence-corrected chi connectivity index (χ2v) is 5.29. The molecule has 1 aliphatic heterocycles. The molecule has 0 N–H and O–H groups in total. The highest BCUT2D eigenvalue weighted by atomic mass is 16.8. The zero-order valence-electron chi connectivity index (χ0n) is 12.6. The van der Waals surface area contributed by atoms with Crippen LogP contribution in [0.25, 0.3) is 0 Å². The molecule has 114 valence electrons. The second kappa shape index (κ2) is 5.83. The van der Waals surface area contributed by atoms with E-state index in [1.165, 1.54) is 11.8 Å². The van der Waals surface area contributed by atoms with Crippen LogP contribution in [-0.4, -0.2) is 42.4 Å². The van der Waals surface area contributed by atoms with Crippen LogP contribution in [0.5, 0.6) is 5.75 Å². The van der Waals surface area contributed by atoms with E-state index in [1.807, 2.05) is 0 Å². The zero-order chi connectivity index (χ0) is 15.6. The van der Waals surface area contributed by atoms with Gasteiger partial charge >= 0.3 is 5.97 Å². The minimum atomic E-state index is -0.714. The van der Waals surface area contributed by atoms with Crippen LogP contribution in [0.4, 0.5) is 0 Å². The molecule has 1 aromatic carbocycles. The van der Waals surface area contributed by atoms with E-state index < -0.39 is 18.0 Å². The lowest BCUT2D eigenvalue weighted by Crippen LogP contribution is -2.39. The van der Waals surface area contributed by atoms with Crippen molar-refractivity contribution in [1.82, 2.24) is 4.90 Å². The maximum Gasteiger partial charge on any atom is 0.308 e. The Hall–Kier alpha value is -1.92. The van der Waals surface area contributed by atoms with Crippen molar-refractivity contribution in [2.75, 3.05) is 13.7 Å². The molecule has 0 spiro atoms. The van der Waals surface area contributed by atoms with E-state index in [9.17, 15) is 9.59 Å². The summed E-state index contributed by atoms with van der Waals surface area (Å²) in [5.41, 5.74) is 0.309. The van der Waals surface area contributed by atoms with Gasteiger partial charge in [-0.25, -0.2) is 0 Å². The summed E-state index contributed by atoms with van der Waals surface area (Å²) in [4.78, 5) is 25.1. The smallest absolute Gasteiger partial charge is 0.308 e. The van der Waals surface area contributed by atoms with Gasteiger partial charge in [-0.1, -0.05) is 12.1 Å². The topological polar surface area (TPSA) is 65.1 Å². The van der Waals surface area contributed by atoms with Gasteiger partial charge in [-0.05, 0) is 26.0 Å².